The van der Waals surface area contributed by atoms with Crippen LogP contribution in [0.5, 0.6) is 0 Å². The fraction of sp³-hybridized carbons (Fsp3) is 0.600. The summed E-state index contributed by atoms with van der Waals surface area (Å²) >= 11 is 1.44. The zero-order valence-corrected chi connectivity index (χ0v) is 9.55. The molecule has 1 saturated carbocycles. The third kappa shape index (κ3) is 3.95. The molecule has 1 unspecified atom stereocenters. The summed E-state index contributed by atoms with van der Waals surface area (Å²) < 4.78 is 2.75. The highest BCUT2D eigenvalue weighted by Crippen LogP contribution is 2.31. The molecule has 0 heterocycles. The summed E-state index contributed by atoms with van der Waals surface area (Å²) in [5, 5.41) is 3.06. The molecule has 0 bridgehead atoms. The maximum Gasteiger partial charge on any atom is 0.252 e. The van der Waals surface area contributed by atoms with E-state index in [9.17, 15) is 9.59 Å². The van der Waals surface area contributed by atoms with Crippen LogP contribution in [0.3, 0.4) is 0 Å². The molecule has 15 heavy (non-hydrogen) atoms. The SMILES string of the molecule is C=C[C@H](C)C(NC=O)C(=O)NSC1CC1. The van der Waals surface area contributed by atoms with Crippen LogP contribution in [0.4, 0.5) is 0 Å². The highest BCUT2D eigenvalue weighted by atomic mass is 32.2. The first-order valence-corrected chi connectivity index (χ1v) is 5.84. The van der Waals surface area contributed by atoms with Crippen LogP contribution >= 0.6 is 11.9 Å². The lowest BCUT2D eigenvalue weighted by molar-refractivity contribution is -0.124. The van der Waals surface area contributed by atoms with Gasteiger partial charge in [-0.05, 0) is 24.8 Å². The maximum absolute atomic E-state index is 11.7. The van der Waals surface area contributed by atoms with Crippen molar-refractivity contribution >= 4 is 24.3 Å². The normalized spacial score (nSPS) is 18.7. The van der Waals surface area contributed by atoms with Crippen molar-refractivity contribution in [2.75, 3.05) is 0 Å². The highest BCUT2D eigenvalue weighted by Gasteiger charge is 2.27. The smallest absolute Gasteiger partial charge is 0.252 e. The fourth-order valence-corrected chi connectivity index (χ4v) is 1.85. The monoisotopic (exact) mass is 228 g/mol. The van der Waals surface area contributed by atoms with E-state index in [-0.39, 0.29) is 11.8 Å². The Bertz CT molecular complexity index is 254. The zero-order chi connectivity index (χ0) is 11.3. The lowest BCUT2D eigenvalue weighted by Crippen LogP contribution is -2.45. The number of carbonyl (C=O) groups excluding carboxylic acids is 2. The minimum Gasteiger partial charge on any atom is -0.346 e. The molecule has 1 aliphatic carbocycles. The Balaban J connectivity index is 2.40. The van der Waals surface area contributed by atoms with E-state index < -0.39 is 6.04 Å². The summed E-state index contributed by atoms with van der Waals surface area (Å²) in [6, 6.07) is -0.522. The maximum atomic E-state index is 11.7. The first kappa shape index (κ1) is 12.1. The summed E-state index contributed by atoms with van der Waals surface area (Å²) in [4.78, 5) is 22.0. The fourth-order valence-electron chi connectivity index (χ4n) is 1.07. The van der Waals surface area contributed by atoms with Crippen molar-refractivity contribution in [1.82, 2.24) is 10.0 Å². The molecule has 2 atom stereocenters. The van der Waals surface area contributed by atoms with E-state index in [4.69, 9.17) is 0 Å². The van der Waals surface area contributed by atoms with Gasteiger partial charge in [0.25, 0.3) is 5.91 Å². The summed E-state index contributed by atoms with van der Waals surface area (Å²) in [7, 11) is 0. The van der Waals surface area contributed by atoms with E-state index in [0.29, 0.717) is 11.7 Å². The predicted molar refractivity (Wildman–Crippen MR) is 61.1 cm³/mol. The average Bonchev–Trinajstić information content (AvgIpc) is 3.05. The van der Waals surface area contributed by atoms with E-state index in [2.05, 4.69) is 16.6 Å². The first-order chi connectivity index (χ1) is 7.19. The average molecular weight is 228 g/mol. The van der Waals surface area contributed by atoms with Crippen LogP contribution in [0.25, 0.3) is 0 Å². The molecule has 5 heteroatoms. The van der Waals surface area contributed by atoms with Gasteiger partial charge in [0.1, 0.15) is 6.04 Å². The number of hydrogen-bond donors (Lipinski definition) is 2. The lowest BCUT2D eigenvalue weighted by atomic mass is 10.0. The van der Waals surface area contributed by atoms with Crippen molar-refractivity contribution < 1.29 is 9.59 Å². The second-order valence-corrected chi connectivity index (χ2v) is 4.75. The molecule has 0 aromatic heterocycles. The molecule has 84 valence electrons. The first-order valence-electron chi connectivity index (χ1n) is 4.96. The van der Waals surface area contributed by atoms with Gasteiger partial charge in [0.15, 0.2) is 0 Å². The summed E-state index contributed by atoms with van der Waals surface area (Å²) in [5.74, 6) is -0.235. The van der Waals surface area contributed by atoms with Crippen LogP contribution in [0.15, 0.2) is 12.7 Å². The Kier molecular flexibility index (Phi) is 4.68. The van der Waals surface area contributed by atoms with Crippen LogP contribution in [-0.2, 0) is 9.59 Å². The van der Waals surface area contributed by atoms with Crippen LogP contribution in [0.1, 0.15) is 19.8 Å². The molecule has 2 N–H and O–H groups in total. The Morgan fingerprint density at radius 1 is 1.60 bits per heavy atom. The van der Waals surface area contributed by atoms with Gasteiger partial charge in [-0.25, -0.2) is 0 Å². The second kappa shape index (κ2) is 5.80. The predicted octanol–water partition coefficient (Wildman–Crippen LogP) is 0.850. The van der Waals surface area contributed by atoms with Gasteiger partial charge in [0, 0.05) is 11.2 Å². The minimum atomic E-state index is -0.522. The van der Waals surface area contributed by atoms with Gasteiger partial charge in [0.05, 0.1) is 0 Å². The number of amides is 2. The van der Waals surface area contributed by atoms with Crippen molar-refractivity contribution in [3.63, 3.8) is 0 Å². The van der Waals surface area contributed by atoms with E-state index in [1.807, 2.05) is 6.92 Å². The lowest BCUT2D eigenvalue weighted by Gasteiger charge is -2.19. The van der Waals surface area contributed by atoms with E-state index in [1.165, 1.54) is 11.9 Å². The molecule has 0 aliphatic heterocycles. The molecule has 4 nitrogen and oxygen atoms in total. The largest absolute Gasteiger partial charge is 0.346 e. The Morgan fingerprint density at radius 2 is 2.27 bits per heavy atom. The van der Waals surface area contributed by atoms with Crippen molar-refractivity contribution in [2.45, 2.75) is 31.1 Å². The molecule has 1 fully saturated rings. The van der Waals surface area contributed by atoms with Gasteiger partial charge in [-0.15, -0.1) is 6.58 Å². The van der Waals surface area contributed by atoms with Gasteiger partial charge < -0.3 is 5.32 Å². The van der Waals surface area contributed by atoms with Gasteiger partial charge in [-0.1, -0.05) is 13.0 Å². The molecule has 0 saturated heterocycles. The number of carbonyl (C=O) groups is 2. The standard InChI is InChI=1S/C10H16N2O2S/c1-3-7(2)9(11-6-13)10(14)12-15-8-4-5-8/h3,6-9H,1,4-5H2,2H3,(H,11,13)(H,12,14)/t7-,9?/m0/s1. The zero-order valence-electron chi connectivity index (χ0n) is 8.73. The summed E-state index contributed by atoms with van der Waals surface area (Å²) in [6.07, 6.45) is 4.52. The Labute approximate surface area is 94.0 Å². The quantitative estimate of drug-likeness (QED) is 0.386. The Morgan fingerprint density at radius 3 is 2.73 bits per heavy atom. The van der Waals surface area contributed by atoms with E-state index >= 15 is 0 Å². The molecular weight excluding hydrogens is 212 g/mol. The number of nitrogens with one attached hydrogen (secondary N) is 2. The minimum absolute atomic E-state index is 0.0741. The number of hydrogen-bond acceptors (Lipinski definition) is 3. The molecule has 1 aliphatic rings. The third-order valence-corrected chi connectivity index (χ3v) is 3.40. The molecule has 0 radical (unpaired) electrons. The third-order valence-electron chi connectivity index (χ3n) is 2.28. The summed E-state index contributed by atoms with van der Waals surface area (Å²) in [5.41, 5.74) is 0. The van der Waals surface area contributed by atoms with Crippen molar-refractivity contribution in [3.8, 4) is 0 Å². The molecule has 0 aromatic rings. The summed E-state index contributed by atoms with van der Waals surface area (Å²) in [6.45, 7) is 5.45. The van der Waals surface area contributed by atoms with Gasteiger partial charge in [-0.3, -0.25) is 14.3 Å². The van der Waals surface area contributed by atoms with Gasteiger partial charge in [-0.2, -0.15) is 0 Å². The van der Waals surface area contributed by atoms with Gasteiger partial charge >= 0.3 is 0 Å². The topological polar surface area (TPSA) is 58.2 Å². The van der Waals surface area contributed by atoms with Crippen LogP contribution < -0.4 is 10.0 Å². The van der Waals surface area contributed by atoms with Crippen molar-refractivity contribution in [1.29, 1.82) is 0 Å². The second-order valence-electron chi connectivity index (χ2n) is 3.64. The van der Waals surface area contributed by atoms with Crippen LogP contribution in [-0.4, -0.2) is 23.6 Å². The van der Waals surface area contributed by atoms with Crippen LogP contribution in [0.2, 0.25) is 0 Å². The van der Waals surface area contributed by atoms with E-state index in [1.54, 1.807) is 6.08 Å². The molecular formula is C10H16N2O2S. The molecule has 1 rings (SSSR count). The van der Waals surface area contributed by atoms with Crippen LogP contribution in [0, 0.1) is 5.92 Å². The van der Waals surface area contributed by atoms with Crippen molar-refractivity contribution in [3.05, 3.63) is 12.7 Å². The Hall–Kier alpha value is -0.970. The molecule has 0 spiro atoms. The number of rotatable bonds is 7. The van der Waals surface area contributed by atoms with Gasteiger partial charge in [0.2, 0.25) is 6.41 Å². The van der Waals surface area contributed by atoms with E-state index in [0.717, 1.165) is 12.8 Å². The van der Waals surface area contributed by atoms with Crippen molar-refractivity contribution in [2.24, 2.45) is 5.92 Å². The molecule has 0 aromatic carbocycles. The highest BCUT2D eigenvalue weighted by molar-refractivity contribution is 7.98. The molecule has 2 amide bonds.